The molecule has 0 atom stereocenters. The maximum absolute atomic E-state index is 4.57. The molecule has 0 unspecified atom stereocenters. The quantitative estimate of drug-likeness (QED) is 0.198. The normalized spacial score (nSPS) is 11.5. The Morgan fingerprint density at radius 3 is 1.97 bits per heavy atom. The highest BCUT2D eigenvalue weighted by Crippen LogP contribution is 2.34. The third-order valence-electron chi connectivity index (χ3n) is 6.79. The van der Waals surface area contributed by atoms with Gasteiger partial charge in [0.05, 0.1) is 0 Å². The number of rotatable bonds is 3. The van der Waals surface area contributed by atoms with Crippen LogP contribution in [-0.4, -0.2) is 14.6 Å². The lowest BCUT2D eigenvalue weighted by atomic mass is 9.96. The first kappa shape index (κ1) is 21.3. The number of halogens is 1. The first-order valence-corrected chi connectivity index (χ1v) is 12.9. The second kappa shape index (κ2) is 8.57. The van der Waals surface area contributed by atoms with E-state index in [9.17, 15) is 0 Å². The number of hydrogen-bond acceptors (Lipinski definition) is 2. The van der Waals surface area contributed by atoms with Crippen LogP contribution in [0.3, 0.4) is 0 Å². The zero-order valence-electron chi connectivity index (χ0n) is 19.3. The van der Waals surface area contributed by atoms with E-state index in [1.807, 2.05) is 0 Å². The zero-order valence-corrected chi connectivity index (χ0v) is 21.4. The average Bonchev–Trinajstić information content (AvgIpc) is 3.37. The van der Waals surface area contributed by atoms with E-state index in [1.165, 1.54) is 36.4 Å². The first-order chi connectivity index (χ1) is 17.7. The number of hydrogen-bond donors (Lipinski definition) is 0. The van der Waals surface area contributed by atoms with Crippen LogP contribution in [0.2, 0.25) is 0 Å². The molecule has 7 aromatic rings. The van der Waals surface area contributed by atoms with Crippen molar-refractivity contribution in [3.8, 4) is 33.6 Å². The molecule has 0 N–H and O–H groups in total. The van der Waals surface area contributed by atoms with Crippen LogP contribution in [0.4, 0.5) is 0 Å². The highest BCUT2D eigenvalue weighted by Gasteiger charge is 2.15. The molecule has 170 valence electrons. The van der Waals surface area contributed by atoms with Crippen molar-refractivity contribution in [1.29, 1.82) is 0 Å². The van der Waals surface area contributed by atoms with E-state index >= 15 is 0 Å². The summed E-state index contributed by atoms with van der Waals surface area (Å²) in [4.78, 5) is 0. The van der Waals surface area contributed by atoms with Crippen molar-refractivity contribution in [3.05, 3.63) is 125 Å². The van der Waals surface area contributed by atoms with Gasteiger partial charge in [0.2, 0.25) is 0 Å². The lowest BCUT2D eigenvalue weighted by Gasteiger charge is -2.11. The van der Waals surface area contributed by atoms with Crippen molar-refractivity contribution >= 4 is 49.8 Å². The second-order valence-corrected chi connectivity index (χ2v) is 10.2. The Labute approximate surface area is 222 Å². The summed E-state index contributed by atoms with van der Waals surface area (Å²) in [6, 6.07) is 40.8. The third kappa shape index (κ3) is 3.57. The van der Waals surface area contributed by atoms with Gasteiger partial charge in [-0.3, -0.25) is 4.40 Å². The van der Waals surface area contributed by atoms with Gasteiger partial charge in [-0.05, 0) is 73.6 Å². The van der Waals surface area contributed by atoms with Crippen molar-refractivity contribution in [2.45, 2.75) is 0 Å². The van der Waals surface area contributed by atoms with Crippen molar-refractivity contribution < 1.29 is 0 Å². The fourth-order valence-corrected chi connectivity index (χ4v) is 5.31. The molecule has 7 rings (SSSR count). The van der Waals surface area contributed by atoms with E-state index in [0.29, 0.717) is 0 Å². The summed E-state index contributed by atoms with van der Waals surface area (Å²) < 4.78 is 3.32. The van der Waals surface area contributed by atoms with E-state index in [2.05, 4.69) is 159 Å². The summed E-state index contributed by atoms with van der Waals surface area (Å²) in [5, 5.41) is 13.9. The van der Waals surface area contributed by atoms with Crippen LogP contribution < -0.4 is 0 Å². The Balaban J connectivity index is 1.37. The van der Waals surface area contributed by atoms with Crippen LogP contribution in [0.5, 0.6) is 0 Å². The molecule has 2 aromatic heterocycles. The highest BCUT2D eigenvalue weighted by atomic mass is 127. The Bertz CT molecular complexity index is 1880. The first-order valence-electron chi connectivity index (χ1n) is 11.9. The van der Waals surface area contributed by atoms with Gasteiger partial charge in [0.25, 0.3) is 0 Å². The monoisotopic (exact) mass is 573 g/mol. The molecule has 0 aliphatic heterocycles. The standard InChI is InChI=1S/C32H20IN3/c33-27-17-15-24(16-18-27)31-34-35-32-29-8-4-3-7-28(29)30(20-36(31)32)23-12-9-22(10-13-23)26-14-11-21-5-1-2-6-25(21)19-26/h1-20H. The molecular weight excluding hydrogens is 553 g/mol. The number of aromatic nitrogens is 3. The average molecular weight is 573 g/mol. The van der Waals surface area contributed by atoms with Crippen LogP contribution in [0.1, 0.15) is 0 Å². The van der Waals surface area contributed by atoms with Gasteiger partial charge in [-0.1, -0.05) is 97.1 Å². The lowest BCUT2D eigenvalue weighted by molar-refractivity contribution is 1.11. The molecule has 0 saturated carbocycles. The van der Waals surface area contributed by atoms with E-state index in [1.54, 1.807) is 0 Å². The SMILES string of the molecule is Ic1ccc(-c2nnc3c4ccccc4c(-c4ccc(-c5ccc6ccccc6c5)cc4)cn23)cc1. The van der Waals surface area contributed by atoms with Gasteiger partial charge in [-0.15, -0.1) is 10.2 Å². The molecule has 0 bridgehead atoms. The largest absolute Gasteiger partial charge is 0.281 e. The minimum absolute atomic E-state index is 0.848. The van der Waals surface area contributed by atoms with Crippen molar-refractivity contribution in [2.75, 3.05) is 0 Å². The number of benzene rings is 5. The molecule has 0 saturated heterocycles. The van der Waals surface area contributed by atoms with E-state index in [4.69, 9.17) is 0 Å². The minimum Gasteiger partial charge on any atom is -0.281 e. The number of nitrogens with zero attached hydrogens (tertiary/aromatic N) is 3. The minimum atomic E-state index is 0.848. The maximum atomic E-state index is 4.57. The van der Waals surface area contributed by atoms with Crippen LogP contribution >= 0.6 is 22.6 Å². The summed E-state index contributed by atoms with van der Waals surface area (Å²) in [5.74, 6) is 0.848. The van der Waals surface area contributed by atoms with Gasteiger partial charge in [0.15, 0.2) is 11.5 Å². The van der Waals surface area contributed by atoms with Crippen LogP contribution in [0, 0.1) is 3.57 Å². The van der Waals surface area contributed by atoms with Crippen LogP contribution in [0.15, 0.2) is 121 Å². The van der Waals surface area contributed by atoms with Crippen molar-refractivity contribution in [2.24, 2.45) is 0 Å². The molecule has 36 heavy (non-hydrogen) atoms. The summed E-state index contributed by atoms with van der Waals surface area (Å²) in [5.41, 5.74) is 6.68. The van der Waals surface area contributed by atoms with Gasteiger partial charge in [0, 0.05) is 26.3 Å². The Hall–Kier alpha value is -4.03. The topological polar surface area (TPSA) is 30.2 Å². The Kier molecular flexibility index (Phi) is 5.06. The summed E-state index contributed by atoms with van der Waals surface area (Å²) in [6.45, 7) is 0. The highest BCUT2D eigenvalue weighted by molar-refractivity contribution is 14.1. The molecule has 0 radical (unpaired) electrons. The predicted octanol–water partition coefficient (Wildman–Crippen LogP) is 8.64. The van der Waals surface area contributed by atoms with Gasteiger partial charge < -0.3 is 0 Å². The molecule has 0 aliphatic carbocycles. The van der Waals surface area contributed by atoms with Crippen LogP contribution in [-0.2, 0) is 0 Å². The molecule has 0 aliphatic rings. The molecule has 0 fully saturated rings. The zero-order chi connectivity index (χ0) is 24.1. The van der Waals surface area contributed by atoms with E-state index in [0.717, 1.165) is 28.0 Å². The van der Waals surface area contributed by atoms with Crippen molar-refractivity contribution in [1.82, 2.24) is 14.6 Å². The van der Waals surface area contributed by atoms with Gasteiger partial charge in [-0.2, -0.15) is 0 Å². The molecular formula is C32H20IN3. The third-order valence-corrected chi connectivity index (χ3v) is 7.51. The summed E-state index contributed by atoms with van der Waals surface area (Å²) in [7, 11) is 0. The number of fused-ring (bicyclic) bond motifs is 4. The fourth-order valence-electron chi connectivity index (χ4n) is 4.95. The molecule has 5 aromatic carbocycles. The molecule has 2 heterocycles. The summed E-state index contributed by atoms with van der Waals surface area (Å²) >= 11 is 2.32. The van der Waals surface area contributed by atoms with Crippen molar-refractivity contribution in [3.63, 3.8) is 0 Å². The van der Waals surface area contributed by atoms with E-state index in [-0.39, 0.29) is 0 Å². The Morgan fingerprint density at radius 1 is 0.528 bits per heavy atom. The predicted molar refractivity (Wildman–Crippen MR) is 157 cm³/mol. The smallest absolute Gasteiger partial charge is 0.169 e. The molecule has 4 heteroatoms. The number of pyridine rings is 1. The molecule has 3 nitrogen and oxygen atoms in total. The Morgan fingerprint density at radius 2 is 1.17 bits per heavy atom. The van der Waals surface area contributed by atoms with E-state index < -0.39 is 0 Å². The van der Waals surface area contributed by atoms with Gasteiger partial charge in [0.1, 0.15) is 0 Å². The molecule has 0 amide bonds. The fraction of sp³-hybridized carbons (Fsp3) is 0. The second-order valence-electron chi connectivity index (χ2n) is 8.95. The maximum Gasteiger partial charge on any atom is 0.169 e. The summed E-state index contributed by atoms with van der Waals surface area (Å²) in [6.07, 6.45) is 2.18. The van der Waals surface area contributed by atoms with Gasteiger partial charge >= 0.3 is 0 Å². The van der Waals surface area contributed by atoms with Gasteiger partial charge in [-0.25, -0.2) is 0 Å². The van der Waals surface area contributed by atoms with Crippen LogP contribution in [0.25, 0.3) is 60.8 Å². The lowest BCUT2D eigenvalue weighted by Crippen LogP contribution is -1.93. The molecule has 0 spiro atoms.